The van der Waals surface area contributed by atoms with Gasteiger partial charge in [0.1, 0.15) is 0 Å². The van der Waals surface area contributed by atoms with Gasteiger partial charge < -0.3 is 0 Å². The molecule has 0 amide bonds. The van der Waals surface area contributed by atoms with Crippen molar-refractivity contribution in [2.45, 2.75) is 52.4 Å². The van der Waals surface area contributed by atoms with Crippen LogP contribution in [0.4, 0.5) is 0 Å². The zero-order valence-electron chi connectivity index (χ0n) is 23.1. The normalized spacial score (nSPS) is 13.0. The summed E-state index contributed by atoms with van der Waals surface area (Å²) in [6.07, 6.45) is 0. The molecule has 7 aromatic rings. The van der Waals surface area contributed by atoms with E-state index in [0.29, 0.717) is 0 Å². The molecule has 0 N–H and O–H groups in total. The monoisotopic (exact) mass is 491 g/mol. The summed E-state index contributed by atoms with van der Waals surface area (Å²) in [5.74, 6) is 0. The van der Waals surface area contributed by atoms with Gasteiger partial charge >= 0.3 is 0 Å². The van der Waals surface area contributed by atoms with Crippen molar-refractivity contribution in [3.8, 4) is 11.3 Å². The Morgan fingerprint density at radius 2 is 1.00 bits per heavy atom. The number of nitrogens with zero attached hydrogens (tertiary/aromatic N) is 1. The molecule has 186 valence electrons. The Morgan fingerprint density at radius 1 is 0.474 bits per heavy atom. The van der Waals surface area contributed by atoms with E-state index >= 15 is 0 Å². The predicted octanol–water partition coefficient (Wildman–Crippen LogP) is 10.5. The van der Waals surface area contributed by atoms with E-state index in [1.54, 1.807) is 0 Å². The van der Waals surface area contributed by atoms with Crippen LogP contribution in [0.15, 0.2) is 91.0 Å². The quantitative estimate of drug-likeness (QED) is 0.164. The Morgan fingerprint density at radius 3 is 1.58 bits per heavy atom. The molecule has 0 radical (unpaired) electrons. The van der Waals surface area contributed by atoms with E-state index in [0.717, 1.165) is 16.8 Å². The van der Waals surface area contributed by atoms with E-state index in [4.69, 9.17) is 4.98 Å². The number of aromatic nitrogens is 1. The van der Waals surface area contributed by atoms with Crippen molar-refractivity contribution in [2.75, 3.05) is 0 Å². The van der Waals surface area contributed by atoms with Gasteiger partial charge in [-0.05, 0) is 72.5 Å². The number of benzene rings is 6. The van der Waals surface area contributed by atoms with Crippen LogP contribution in [0.1, 0.15) is 52.7 Å². The first kappa shape index (κ1) is 23.2. The van der Waals surface area contributed by atoms with Crippen LogP contribution < -0.4 is 0 Å². The molecule has 0 aliphatic heterocycles. The summed E-state index contributed by atoms with van der Waals surface area (Å²) in [5.41, 5.74) is 6.06. The summed E-state index contributed by atoms with van der Waals surface area (Å²) >= 11 is 0. The molecule has 0 bridgehead atoms. The first-order valence-corrected chi connectivity index (χ1v) is 13.7. The van der Waals surface area contributed by atoms with Crippen LogP contribution in [-0.2, 0) is 10.8 Å². The van der Waals surface area contributed by atoms with E-state index < -0.39 is 0 Å². The third-order valence-corrected chi connectivity index (χ3v) is 8.24. The minimum atomic E-state index is 0.0351. The van der Waals surface area contributed by atoms with Gasteiger partial charge in [-0.2, -0.15) is 0 Å². The number of para-hydroxylation sites is 1. The zero-order valence-corrected chi connectivity index (χ0v) is 23.1. The Balaban J connectivity index is 1.86. The summed E-state index contributed by atoms with van der Waals surface area (Å²) in [7, 11) is 0. The van der Waals surface area contributed by atoms with Crippen molar-refractivity contribution < 1.29 is 0 Å². The van der Waals surface area contributed by atoms with Crippen LogP contribution in [0.2, 0.25) is 0 Å². The molecule has 1 heteroatoms. The van der Waals surface area contributed by atoms with Crippen molar-refractivity contribution in [2.24, 2.45) is 0 Å². The maximum absolute atomic E-state index is 5.35. The predicted molar refractivity (Wildman–Crippen MR) is 166 cm³/mol. The molecule has 0 aliphatic rings. The lowest BCUT2D eigenvalue weighted by Crippen LogP contribution is -2.12. The minimum absolute atomic E-state index is 0.0351. The highest BCUT2D eigenvalue weighted by atomic mass is 14.7. The lowest BCUT2D eigenvalue weighted by molar-refractivity contribution is 0.591. The summed E-state index contributed by atoms with van der Waals surface area (Å²) < 4.78 is 0. The number of pyridine rings is 1. The highest BCUT2D eigenvalue weighted by molar-refractivity contribution is 6.39. The lowest BCUT2D eigenvalue weighted by atomic mass is 9.79. The molecule has 7 rings (SSSR count). The number of hydrogen-bond acceptors (Lipinski definition) is 1. The summed E-state index contributed by atoms with van der Waals surface area (Å²) in [4.78, 5) is 5.35. The highest BCUT2D eigenvalue weighted by Crippen LogP contribution is 2.48. The van der Waals surface area contributed by atoms with Gasteiger partial charge in [-0.1, -0.05) is 114 Å². The first-order chi connectivity index (χ1) is 18.1. The summed E-state index contributed by atoms with van der Waals surface area (Å²) in [6, 6.07) is 33.8. The molecule has 0 fully saturated rings. The van der Waals surface area contributed by atoms with Gasteiger partial charge in [-0.3, -0.25) is 0 Å². The van der Waals surface area contributed by atoms with Crippen molar-refractivity contribution in [1.29, 1.82) is 0 Å². The van der Waals surface area contributed by atoms with Crippen LogP contribution in [0.3, 0.4) is 0 Å². The van der Waals surface area contributed by atoms with E-state index in [2.05, 4.69) is 133 Å². The Labute approximate surface area is 224 Å². The fourth-order valence-electron chi connectivity index (χ4n) is 6.15. The second-order valence-corrected chi connectivity index (χ2v) is 12.9. The van der Waals surface area contributed by atoms with Crippen LogP contribution in [-0.4, -0.2) is 4.98 Å². The van der Waals surface area contributed by atoms with Gasteiger partial charge in [0.25, 0.3) is 0 Å². The number of rotatable bonds is 1. The molecular weight excluding hydrogens is 458 g/mol. The minimum Gasteiger partial charge on any atom is -0.247 e. The average Bonchev–Trinajstić information content (AvgIpc) is 2.90. The average molecular weight is 492 g/mol. The van der Waals surface area contributed by atoms with Crippen LogP contribution in [0.5, 0.6) is 0 Å². The summed E-state index contributed by atoms with van der Waals surface area (Å²) in [5, 5.41) is 11.8. The van der Waals surface area contributed by atoms with Gasteiger partial charge in [0.15, 0.2) is 0 Å². The third-order valence-electron chi connectivity index (χ3n) is 8.24. The fraction of sp³-hybridized carbons (Fsp3) is 0.216. The first-order valence-electron chi connectivity index (χ1n) is 13.7. The summed E-state index contributed by atoms with van der Waals surface area (Å²) in [6.45, 7) is 13.9. The molecule has 0 saturated heterocycles. The Kier molecular flexibility index (Phi) is 4.74. The van der Waals surface area contributed by atoms with E-state index in [-0.39, 0.29) is 10.8 Å². The van der Waals surface area contributed by atoms with Gasteiger partial charge in [0, 0.05) is 21.7 Å². The molecule has 38 heavy (non-hydrogen) atoms. The SMILES string of the molecule is CC(C)(C)c1cc2ccc3cc(C(C)(C)C)cc4c5c6ccccc6nc(-c6ccccc6)c5c(c1)c2c34. The molecule has 0 atom stereocenters. The Hall–Kier alpha value is -3.97. The van der Waals surface area contributed by atoms with Crippen molar-refractivity contribution in [1.82, 2.24) is 4.98 Å². The molecule has 0 unspecified atom stereocenters. The van der Waals surface area contributed by atoms with E-state index in [1.807, 2.05) is 0 Å². The third kappa shape index (κ3) is 3.34. The molecule has 0 saturated carbocycles. The molecule has 1 nitrogen and oxygen atoms in total. The molecule has 1 heterocycles. The van der Waals surface area contributed by atoms with Gasteiger partial charge in [0.05, 0.1) is 11.2 Å². The number of hydrogen-bond donors (Lipinski definition) is 0. The van der Waals surface area contributed by atoms with Crippen molar-refractivity contribution in [3.05, 3.63) is 102 Å². The van der Waals surface area contributed by atoms with Crippen molar-refractivity contribution in [3.63, 3.8) is 0 Å². The van der Waals surface area contributed by atoms with Crippen LogP contribution in [0, 0.1) is 0 Å². The van der Waals surface area contributed by atoms with Crippen LogP contribution >= 0.6 is 0 Å². The Bertz CT molecular complexity index is 2020. The van der Waals surface area contributed by atoms with Gasteiger partial charge in [-0.15, -0.1) is 0 Å². The van der Waals surface area contributed by atoms with E-state index in [9.17, 15) is 0 Å². The molecule has 0 spiro atoms. The number of fused-ring (bicyclic) bond motifs is 5. The maximum atomic E-state index is 5.35. The molecular formula is C37H33N. The second kappa shape index (κ2) is 7.77. The lowest BCUT2D eigenvalue weighted by Gasteiger charge is -2.25. The van der Waals surface area contributed by atoms with Crippen molar-refractivity contribution >= 4 is 54.0 Å². The largest absolute Gasteiger partial charge is 0.247 e. The molecule has 6 aromatic carbocycles. The van der Waals surface area contributed by atoms with E-state index in [1.165, 1.54) is 59.6 Å². The standard InChI is InChI=1S/C37H33N/c1-36(2,3)25-18-23-16-17-24-19-26(37(4,5)6)21-29-32(24)31(23)28(20-25)33-27-14-10-11-15-30(27)38-35(34(29)33)22-12-8-7-9-13-22/h7-21H,1-6H3. The second-order valence-electron chi connectivity index (χ2n) is 12.9. The van der Waals surface area contributed by atoms with Gasteiger partial charge in [0.2, 0.25) is 0 Å². The van der Waals surface area contributed by atoms with Crippen LogP contribution in [0.25, 0.3) is 65.3 Å². The molecule has 1 aromatic heterocycles. The zero-order chi connectivity index (χ0) is 26.4. The molecule has 0 aliphatic carbocycles. The topological polar surface area (TPSA) is 12.9 Å². The maximum Gasteiger partial charge on any atom is 0.0794 e. The highest BCUT2D eigenvalue weighted by Gasteiger charge is 2.24. The smallest absolute Gasteiger partial charge is 0.0794 e. The fourth-order valence-corrected chi connectivity index (χ4v) is 6.15. The van der Waals surface area contributed by atoms with Gasteiger partial charge in [-0.25, -0.2) is 4.98 Å².